The van der Waals surface area contributed by atoms with Gasteiger partial charge >= 0.3 is 0 Å². The van der Waals surface area contributed by atoms with E-state index in [1.54, 1.807) is 25.3 Å². The highest BCUT2D eigenvalue weighted by Crippen LogP contribution is 2.64. The fraction of sp³-hybridized carbons (Fsp3) is 0.259. The number of anilines is 1. The Balaban J connectivity index is 1.60. The van der Waals surface area contributed by atoms with Gasteiger partial charge in [0.25, 0.3) is 0 Å². The van der Waals surface area contributed by atoms with Crippen LogP contribution in [0.5, 0.6) is 11.5 Å². The summed E-state index contributed by atoms with van der Waals surface area (Å²) >= 11 is 0. The number of hydrogen-bond acceptors (Lipinski definition) is 5. The van der Waals surface area contributed by atoms with E-state index in [1.807, 2.05) is 48.5 Å². The second-order valence-electron chi connectivity index (χ2n) is 8.83. The summed E-state index contributed by atoms with van der Waals surface area (Å²) in [5.74, 6) is -1.16. The van der Waals surface area contributed by atoms with Gasteiger partial charge in [-0.3, -0.25) is 9.59 Å². The van der Waals surface area contributed by atoms with Crippen LogP contribution in [0.3, 0.4) is 0 Å². The Kier molecular flexibility index (Phi) is 4.20. The van der Waals surface area contributed by atoms with Crippen LogP contribution in [0.15, 0.2) is 66.7 Å². The number of aliphatic hydroxyl groups is 1. The molecule has 0 spiro atoms. The van der Waals surface area contributed by atoms with Crippen LogP contribution in [0.4, 0.5) is 5.69 Å². The molecule has 1 N–H and O–H groups in total. The van der Waals surface area contributed by atoms with Crippen molar-refractivity contribution in [2.24, 2.45) is 11.8 Å². The average Bonchev–Trinajstić information content (AvgIpc) is 3.14. The fourth-order valence-electron chi connectivity index (χ4n) is 6.40. The number of carbonyl (C=O) groups is 2. The molecule has 33 heavy (non-hydrogen) atoms. The van der Waals surface area contributed by atoms with Crippen molar-refractivity contribution >= 4 is 17.5 Å². The predicted octanol–water partition coefficient (Wildman–Crippen LogP) is 3.25. The van der Waals surface area contributed by atoms with Crippen molar-refractivity contribution in [2.45, 2.75) is 11.3 Å². The van der Waals surface area contributed by atoms with Crippen molar-refractivity contribution in [3.63, 3.8) is 0 Å². The van der Waals surface area contributed by atoms with Crippen molar-refractivity contribution < 1.29 is 24.2 Å². The van der Waals surface area contributed by atoms with Gasteiger partial charge in [-0.25, -0.2) is 4.90 Å². The first kappa shape index (κ1) is 20.0. The molecule has 2 bridgehead atoms. The number of carbonyl (C=O) groups excluding carboxylic acids is 2. The van der Waals surface area contributed by atoms with Gasteiger partial charge in [0.2, 0.25) is 11.8 Å². The molecule has 3 aromatic rings. The summed E-state index contributed by atoms with van der Waals surface area (Å²) in [5, 5.41) is 10.9. The molecule has 4 aliphatic rings. The summed E-state index contributed by atoms with van der Waals surface area (Å²) in [5.41, 5.74) is 3.30. The van der Waals surface area contributed by atoms with E-state index in [1.165, 1.54) is 12.0 Å². The van der Waals surface area contributed by atoms with E-state index < -0.39 is 17.3 Å². The molecule has 1 heterocycles. The van der Waals surface area contributed by atoms with Crippen molar-refractivity contribution in [3.05, 3.63) is 89.0 Å². The summed E-state index contributed by atoms with van der Waals surface area (Å²) < 4.78 is 10.8. The van der Waals surface area contributed by atoms with Gasteiger partial charge in [-0.2, -0.15) is 0 Å². The van der Waals surface area contributed by atoms with Crippen LogP contribution < -0.4 is 14.4 Å². The number of hydrogen-bond donors (Lipinski definition) is 1. The Bertz CT molecular complexity index is 1270. The second kappa shape index (κ2) is 6.93. The molecule has 2 unspecified atom stereocenters. The Hall–Kier alpha value is -3.64. The topological polar surface area (TPSA) is 76.1 Å². The molecule has 0 radical (unpaired) electrons. The summed E-state index contributed by atoms with van der Waals surface area (Å²) in [4.78, 5) is 29.3. The van der Waals surface area contributed by atoms with Crippen molar-refractivity contribution in [1.29, 1.82) is 0 Å². The quantitative estimate of drug-likeness (QED) is 0.629. The minimum Gasteiger partial charge on any atom is -0.497 e. The van der Waals surface area contributed by atoms with E-state index in [0.717, 1.165) is 22.3 Å². The predicted molar refractivity (Wildman–Crippen MR) is 122 cm³/mol. The van der Waals surface area contributed by atoms with Crippen LogP contribution in [0.2, 0.25) is 0 Å². The minimum absolute atomic E-state index is 0.249. The van der Waals surface area contributed by atoms with E-state index >= 15 is 0 Å². The van der Waals surface area contributed by atoms with Gasteiger partial charge in [-0.15, -0.1) is 0 Å². The van der Waals surface area contributed by atoms with Gasteiger partial charge in [-0.05, 0) is 34.4 Å². The van der Waals surface area contributed by atoms with Gasteiger partial charge in [-0.1, -0.05) is 48.5 Å². The van der Waals surface area contributed by atoms with Crippen LogP contribution in [0.25, 0.3) is 0 Å². The van der Waals surface area contributed by atoms with Crippen molar-refractivity contribution in [2.75, 3.05) is 25.7 Å². The number of aliphatic hydroxyl groups excluding tert-OH is 1. The number of methoxy groups -OCH3 is 2. The molecule has 2 amide bonds. The van der Waals surface area contributed by atoms with Gasteiger partial charge in [0.15, 0.2) is 0 Å². The Morgan fingerprint density at radius 2 is 1.52 bits per heavy atom. The Morgan fingerprint density at radius 1 is 0.879 bits per heavy atom. The lowest BCUT2D eigenvalue weighted by atomic mass is 9.47. The van der Waals surface area contributed by atoms with Crippen molar-refractivity contribution in [3.8, 4) is 11.5 Å². The fourth-order valence-corrected chi connectivity index (χ4v) is 6.40. The zero-order valence-corrected chi connectivity index (χ0v) is 18.3. The minimum atomic E-state index is -0.978. The van der Waals surface area contributed by atoms with Gasteiger partial charge in [0.05, 0.1) is 43.8 Å². The third kappa shape index (κ3) is 2.31. The molecule has 0 saturated carbocycles. The summed E-state index contributed by atoms with van der Waals surface area (Å²) in [6.07, 6.45) is 0. The number of nitrogens with zero attached hydrogens (tertiary/aromatic N) is 1. The second-order valence-corrected chi connectivity index (χ2v) is 8.83. The lowest BCUT2D eigenvalue weighted by Crippen LogP contribution is -2.55. The highest BCUT2D eigenvalue weighted by Gasteiger charge is 2.68. The summed E-state index contributed by atoms with van der Waals surface area (Å²) in [6.45, 7) is -0.262. The molecule has 3 aromatic carbocycles. The van der Waals surface area contributed by atoms with Crippen LogP contribution in [-0.4, -0.2) is 37.7 Å². The molecule has 1 aliphatic heterocycles. The lowest BCUT2D eigenvalue weighted by Gasteiger charge is -2.53. The van der Waals surface area contributed by atoms with Crippen LogP contribution in [-0.2, 0) is 15.0 Å². The first-order chi connectivity index (χ1) is 16.1. The van der Waals surface area contributed by atoms with E-state index in [4.69, 9.17) is 9.47 Å². The summed E-state index contributed by atoms with van der Waals surface area (Å²) in [7, 11) is 3.05. The lowest BCUT2D eigenvalue weighted by molar-refractivity contribution is -0.124. The molecular weight excluding hydrogens is 418 g/mol. The molecule has 7 rings (SSSR count). The molecule has 3 aliphatic carbocycles. The van der Waals surface area contributed by atoms with Gasteiger partial charge < -0.3 is 14.6 Å². The largest absolute Gasteiger partial charge is 0.497 e. The molecule has 6 heteroatoms. The van der Waals surface area contributed by atoms with Crippen LogP contribution in [0.1, 0.15) is 28.2 Å². The average molecular weight is 441 g/mol. The molecule has 0 aromatic heterocycles. The van der Waals surface area contributed by atoms with E-state index in [-0.39, 0.29) is 24.3 Å². The standard InChI is InChI=1S/C27H23NO5/c1-32-15-11-12-20(21(13-15)33-2)28-25(30)23-22-16-7-3-5-9-18(16)27(14-29,24(23)26(28)31)19-10-6-4-8-17(19)22/h3-13,22-24,29H,14H2,1-2H3. The molecule has 1 fully saturated rings. The highest BCUT2D eigenvalue weighted by molar-refractivity contribution is 6.24. The Labute approximate surface area is 191 Å². The van der Waals surface area contributed by atoms with Gasteiger partial charge in [0.1, 0.15) is 11.5 Å². The molecule has 1 saturated heterocycles. The van der Waals surface area contributed by atoms with E-state index in [9.17, 15) is 14.7 Å². The zero-order valence-electron chi connectivity index (χ0n) is 18.3. The Morgan fingerprint density at radius 3 is 2.09 bits per heavy atom. The van der Waals surface area contributed by atoms with E-state index in [0.29, 0.717) is 17.2 Å². The maximum atomic E-state index is 14.1. The maximum absolute atomic E-state index is 14.1. The van der Waals surface area contributed by atoms with Gasteiger partial charge in [0, 0.05) is 12.0 Å². The molecule has 6 nitrogen and oxygen atoms in total. The monoisotopic (exact) mass is 441 g/mol. The third-order valence-electron chi connectivity index (χ3n) is 7.67. The molecule has 166 valence electrons. The molecular formula is C27H23NO5. The zero-order chi connectivity index (χ0) is 22.9. The van der Waals surface area contributed by atoms with Crippen molar-refractivity contribution in [1.82, 2.24) is 0 Å². The molecule has 2 atom stereocenters. The normalized spacial score (nSPS) is 26.6. The SMILES string of the molecule is COc1ccc(N2C(=O)C3C4c5ccccc5C(CO)(c5ccccc54)C3C2=O)c(OC)c1. The summed E-state index contributed by atoms with van der Waals surface area (Å²) in [6, 6.07) is 20.8. The smallest absolute Gasteiger partial charge is 0.239 e. The number of amides is 2. The van der Waals surface area contributed by atoms with Crippen LogP contribution in [0, 0.1) is 11.8 Å². The number of rotatable bonds is 4. The maximum Gasteiger partial charge on any atom is 0.239 e. The first-order valence-electron chi connectivity index (χ1n) is 11.0. The number of ether oxygens (including phenoxy) is 2. The van der Waals surface area contributed by atoms with Crippen LogP contribution >= 0.6 is 0 Å². The first-order valence-corrected chi connectivity index (χ1v) is 11.0. The highest BCUT2D eigenvalue weighted by atomic mass is 16.5. The third-order valence-corrected chi connectivity index (χ3v) is 7.67. The number of benzene rings is 3. The van der Waals surface area contributed by atoms with E-state index in [2.05, 4.69) is 0 Å². The number of imide groups is 1.